The van der Waals surface area contributed by atoms with E-state index in [1.807, 2.05) is 57.0 Å². The van der Waals surface area contributed by atoms with Gasteiger partial charge in [-0.15, -0.1) is 0 Å². The van der Waals surface area contributed by atoms with Gasteiger partial charge in [0, 0.05) is 31.4 Å². The average molecular weight is 344 g/mol. The molecule has 2 aromatic rings. The van der Waals surface area contributed by atoms with Crippen molar-refractivity contribution in [1.29, 1.82) is 0 Å². The third kappa shape index (κ3) is 5.52. The molecular weight excluding hydrogens is 316 g/mol. The van der Waals surface area contributed by atoms with Gasteiger partial charge in [-0.25, -0.2) is 0 Å². The smallest absolute Gasteiger partial charge is 0.222 e. The molecular formula is C19H28N4O2. The van der Waals surface area contributed by atoms with Crippen LogP contribution in [0.4, 0.5) is 0 Å². The maximum atomic E-state index is 11.6. The predicted octanol–water partition coefficient (Wildman–Crippen LogP) is 2.60. The molecule has 1 aromatic carbocycles. The molecule has 6 heteroatoms. The Morgan fingerprint density at radius 1 is 1.28 bits per heavy atom. The number of aliphatic imine (C=N–C) groups is 1. The highest BCUT2D eigenvalue weighted by Crippen LogP contribution is 2.19. The summed E-state index contributed by atoms with van der Waals surface area (Å²) in [5, 5.41) is 7.25. The van der Waals surface area contributed by atoms with Gasteiger partial charge in [0.2, 0.25) is 5.91 Å². The number of benzene rings is 1. The van der Waals surface area contributed by atoms with E-state index in [2.05, 4.69) is 21.7 Å². The van der Waals surface area contributed by atoms with Gasteiger partial charge in [-0.3, -0.25) is 9.79 Å². The number of amides is 1. The zero-order chi connectivity index (χ0) is 18.2. The number of para-hydroxylation sites is 1. The van der Waals surface area contributed by atoms with Gasteiger partial charge in [0.25, 0.3) is 0 Å². The summed E-state index contributed by atoms with van der Waals surface area (Å²) in [5.74, 6) is 1.73. The lowest BCUT2D eigenvalue weighted by atomic mass is 10.2. The molecule has 0 saturated carbocycles. The molecule has 0 saturated heterocycles. The summed E-state index contributed by atoms with van der Waals surface area (Å²) >= 11 is 0. The van der Waals surface area contributed by atoms with E-state index in [9.17, 15) is 4.79 Å². The monoisotopic (exact) mass is 344 g/mol. The minimum Gasteiger partial charge on any atom is -0.459 e. The molecule has 0 aliphatic rings. The van der Waals surface area contributed by atoms with Crippen molar-refractivity contribution in [3.8, 4) is 0 Å². The first-order valence-corrected chi connectivity index (χ1v) is 8.76. The quantitative estimate of drug-likeness (QED) is 0.460. The highest BCUT2D eigenvalue weighted by molar-refractivity contribution is 5.81. The number of carbonyl (C=O) groups is 1. The molecule has 0 fully saturated rings. The maximum Gasteiger partial charge on any atom is 0.222 e. The Kier molecular flexibility index (Phi) is 6.86. The zero-order valence-electron chi connectivity index (χ0n) is 15.5. The van der Waals surface area contributed by atoms with E-state index in [0.29, 0.717) is 19.6 Å². The fraction of sp³-hybridized carbons (Fsp3) is 0.474. The van der Waals surface area contributed by atoms with E-state index >= 15 is 0 Å². The highest BCUT2D eigenvalue weighted by atomic mass is 16.3. The van der Waals surface area contributed by atoms with Crippen LogP contribution in [0, 0.1) is 5.92 Å². The number of fused-ring (bicyclic) bond motifs is 1. The molecule has 2 rings (SSSR count). The Labute approximate surface area is 149 Å². The van der Waals surface area contributed by atoms with E-state index < -0.39 is 0 Å². The van der Waals surface area contributed by atoms with Gasteiger partial charge in [0.1, 0.15) is 11.3 Å². The SMILES string of the molecule is CCNC(=NCCNC(=O)C(C)C)N(C)Cc1cc2ccccc2o1. The van der Waals surface area contributed by atoms with Crippen LogP contribution >= 0.6 is 0 Å². The van der Waals surface area contributed by atoms with E-state index in [-0.39, 0.29) is 11.8 Å². The molecule has 0 aliphatic carbocycles. The van der Waals surface area contributed by atoms with Crippen molar-refractivity contribution in [3.63, 3.8) is 0 Å². The zero-order valence-corrected chi connectivity index (χ0v) is 15.5. The van der Waals surface area contributed by atoms with Gasteiger partial charge in [-0.05, 0) is 19.1 Å². The van der Waals surface area contributed by atoms with Gasteiger partial charge in [-0.2, -0.15) is 0 Å². The van der Waals surface area contributed by atoms with Gasteiger partial charge in [-0.1, -0.05) is 32.0 Å². The maximum absolute atomic E-state index is 11.6. The number of rotatable bonds is 7. The van der Waals surface area contributed by atoms with E-state index in [1.165, 1.54) is 0 Å². The van der Waals surface area contributed by atoms with Gasteiger partial charge in [0.05, 0.1) is 13.1 Å². The number of guanidine groups is 1. The number of nitrogens with zero attached hydrogens (tertiary/aromatic N) is 2. The van der Waals surface area contributed by atoms with Crippen LogP contribution in [-0.2, 0) is 11.3 Å². The van der Waals surface area contributed by atoms with Crippen molar-refractivity contribution in [1.82, 2.24) is 15.5 Å². The number of carbonyl (C=O) groups excluding carboxylic acids is 1. The Morgan fingerprint density at radius 3 is 2.72 bits per heavy atom. The average Bonchev–Trinajstić information content (AvgIpc) is 2.99. The van der Waals surface area contributed by atoms with Gasteiger partial charge < -0.3 is 20.0 Å². The first-order valence-electron chi connectivity index (χ1n) is 8.76. The normalized spacial score (nSPS) is 11.8. The molecule has 6 nitrogen and oxygen atoms in total. The number of hydrogen-bond acceptors (Lipinski definition) is 3. The Hall–Kier alpha value is -2.50. The first-order chi connectivity index (χ1) is 12.0. The van der Waals surface area contributed by atoms with Crippen molar-refractivity contribution in [2.75, 3.05) is 26.7 Å². The van der Waals surface area contributed by atoms with Crippen molar-refractivity contribution >= 4 is 22.8 Å². The van der Waals surface area contributed by atoms with Crippen LogP contribution in [0.25, 0.3) is 11.0 Å². The van der Waals surface area contributed by atoms with Crippen molar-refractivity contribution in [2.45, 2.75) is 27.3 Å². The lowest BCUT2D eigenvalue weighted by Gasteiger charge is -2.21. The fourth-order valence-corrected chi connectivity index (χ4v) is 2.44. The van der Waals surface area contributed by atoms with Crippen LogP contribution in [0.3, 0.4) is 0 Å². The topological polar surface area (TPSA) is 69.9 Å². The summed E-state index contributed by atoms with van der Waals surface area (Å²) in [6, 6.07) is 10.0. The van der Waals surface area contributed by atoms with Gasteiger partial charge >= 0.3 is 0 Å². The molecule has 2 N–H and O–H groups in total. The summed E-state index contributed by atoms with van der Waals surface area (Å²) in [7, 11) is 1.97. The van der Waals surface area contributed by atoms with Crippen LogP contribution in [0.5, 0.6) is 0 Å². The molecule has 136 valence electrons. The first kappa shape index (κ1) is 18.8. The minimum absolute atomic E-state index is 0.00650. The standard InChI is InChI=1S/C19H28N4O2/c1-5-20-19(22-11-10-21-18(24)14(2)3)23(4)13-16-12-15-8-6-7-9-17(15)25-16/h6-9,12,14H,5,10-11,13H2,1-4H3,(H,20,22)(H,21,24). The third-order valence-electron chi connectivity index (χ3n) is 3.76. The molecule has 0 aliphatic heterocycles. The van der Waals surface area contributed by atoms with Crippen LogP contribution in [0.2, 0.25) is 0 Å². The fourth-order valence-electron chi connectivity index (χ4n) is 2.44. The lowest BCUT2D eigenvalue weighted by molar-refractivity contribution is -0.123. The van der Waals surface area contributed by atoms with Crippen LogP contribution in [0.1, 0.15) is 26.5 Å². The summed E-state index contributed by atoms with van der Waals surface area (Å²) in [5.41, 5.74) is 0.893. The molecule has 0 bridgehead atoms. The number of nitrogens with one attached hydrogen (secondary N) is 2. The molecule has 0 atom stereocenters. The van der Waals surface area contributed by atoms with Crippen LogP contribution < -0.4 is 10.6 Å². The molecule has 0 unspecified atom stereocenters. The largest absolute Gasteiger partial charge is 0.459 e. The molecule has 0 radical (unpaired) electrons. The van der Waals surface area contributed by atoms with Crippen LogP contribution in [-0.4, -0.2) is 43.4 Å². The summed E-state index contributed by atoms with van der Waals surface area (Å²) < 4.78 is 5.87. The second-order valence-electron chi connectivity index (χ2n) is 6.29. The van der Waals surface area contributed by atoms with Crippen molar-refractivity contribution in [3.05, 3.63) is 36.1 Å². The van der Waals surface area contributed by atoms with E-state index in [1.54, 1.807) is 0 Å². The van der Waals surface area contributed by atoms with Crippen LogP contribution in [0.15, 0.2) is 39.7 Å². The molecule has 1 heterocycles. The number of furan rings is 1. The Bertz CT molecular complexity index is 688. The van der Waals surface area contributed by atoms with Crippen molar-refractivity contribution < 1.29 is 9.21 Å². The van der Waals surface area contributed by atoms with Crippen molar-refractivity contribution in [2.24, 2.45) is 10.9 Å². The minimum atomic E-state index is -0.00650. The predicted molar refractivity (Wildman–Crippen MR) is 102 cm³/mol. The van der Waals surface area contributed by atoms with E-state index in [4.69, 9.17) is 4.42 Å². The number of hydrogen-bond donors (Lipinski definition) is 2. The molecule has 25 heavy (non-hydrogen) atoms. The Morgan fingerprint density at radius 2 is 2.04 bits per heavy atom. The van der Waals surface area contributed by atoms with E-state index in [0.717, 1.165) is 29.2 Å². The summed E-state index contributed by atoms with van der Waals surface area (Å²) in [6.07, 6.45) is 0. The highest BCUT2D eigenvalue weighted by Gasteiger charge is 2.10. The second-order valence-corrected chi connectivity index (χ2v) is 6.29. The molecule has 0 spiro atoms. The second kappa shape index (κ2) is 9.11. The Balaban J connectivity index is 1.95. The lowest BCUT2D eigenvalue weighted by Crippen LogP contribution is -2.39. The molecule has 1 aromatic heterocycles. The van der Waals surface area contributed by atoms with Gasteiger partial charge in [0.15, 0.2) is 5.96 Å². The summed E-state index contributed by atoms with van der Waals surface area (Å²) in [6.45, 7) is 8.26. The third-order valence-corrected chi connectivity index (χ3v) is 3.76. The molecule has 1 amide bonds. The summed E-state index contributed by atoms with van der Waals surface area (Å²) in [4.78, 5) is 18.2.